The van der Waals surface area contributed by atoms with E-state index in [2.05, 4.69) is 10.0 Å². The van der Waals surface area contributed by atoms with Crippen molar-refractivity contribution in [2.75, 3.05) is 20.2 Å². The molecule has 150 valence electrons. The quantitative estimate of drug-likeness (QED) is 0.673. The molecule has 0 saturated heterocycles. The number of benzene rings is 2. The van der Waals surface area contributed by atoms with Gasteiger partial charge in [-0.15, -0.1) is 0 Å². The first kappa shape index (κ1) is 20.0. The monoisotopic (exact) mass is 406 g/mol. The zero-order valence-electron chi connectivity index (χ0n) is 15.5. The molecule has 0 saturated carbocycles. The Bertz CT molecular complexity index is 930. The molecule has 28 heavy (non-hydrogen) atoms. The van der Waals surface area contributed by atoms with Crippen molar-refractivity contribution >= 4 is 15.9 Å². The van der Waals surface area contributed by atoms with Gasteiger partial charge in [-0.25, -0.2) is 13.1 Å². The SMILES string of the molecule is COc1ccc(S(=O)(=O)NCCNC(=O)C2Oc3ccccc3OC2C)cc1. The summed E-state index contributed by atoms with van der Waals surface area (Å²) in [6.07, 6.45) is -1.28. The second-order valence-corrected chi connectivity index (χ2v) is 7.94. The van der Waals surface area contributed by atoms with Gasteiger partial charge in [0.15, 0.2) is 11.5 Å². The maximum absolute atomic E-state index is 12.4. The zero-order chi connectivity index (χ0) is 20.1. The molecule has 2 N–H and O–H groups in total. The third kappa shape index (κ3) is 4.55. The average molecular weight is 406 g/mol. The molecule has 0 aliphatic carbocycles. The van der Waals surface area contributed by atoms with Crippen molar-refractivity contribution < 1.29 is 27.4 Å². The van der Waals surface area contributed by atoms with E-state index in [-0.39, 0.29) is 23.9 Å². The van der Waals surface area contributed by atoms with Crippen LogP contribution in [0.2, 0.25) is 0 Å². The van der Waals surface area contributed by atoms with Crippen molar-refractivity contribution in [1.82, 2.24) is 10.0 Å². The molecule has 0 fully saturated rings. The number of carbonyl (C=O) groups excluding carboxylic acids is 1. The number of para-hydroxylation sites is 2. The van der Waals surface area contributed by atoms with Gasteiger partial charge in [-0.3, -0.25) is 4.79 Å². The molecule has 2 aromatic carbocycles. The third-order valence-electron chi connectivity index (χ3n) is 4.19. The lowest BCUT2D eigenvalue weighted by atomic mass is 10.1. The summed E-state index contributed by atoms with van der Waals surface area (Å²) in [5.74, 6) is 1.29. The smallest absolute Gasteiger partial charge is 0.265 e. The van der Waals surface area contributed by atoms with Gasteiger partial charge in [0.1, 0.15) is 11.9 Å². The molecule has 9 heteroatoms. The number of nitrogens with one attached hydrogen (secondary N) is 2. The van der Waals surface area contributed by atoms with E-state index in [0.29, 0.717) is 17.2 Å². The second-order valence-electron chi connectivity index (χ2n) is 6.17. The van der Waals surface area contributed by atoms with Crippen molar-refractivity contribution in [3.63, 3.8) is 0 Å². The van der Waals surface area contributed by atoms with Gasteiger partial charge in [0.2, 0.25) is 16.1 Å². The Labute approximate surface area is 163 Å². The number of ether oxygens (including phenoxy) is 3. The van der Waals surface area contributed by atoms with Crippen LogP contribution in [0.3, 0.4) is 0 Å². The highest BCUT2D eigenvalue weighted by Gasteiger charge is 2.33. The van der Waals surface area contributed by atoms with Crippen LogP contribution >= 0.6 is 0 Å². The minimum absolute atomic E-state index is 0.0403. The first-order valence-electron chi connectivity index (χ1n) is 8.74. The van der Waals surface area contributed by atoms with Crippen molar-refractivity contribution in [2.24, 2.45) is 0 Å². The van der Waals surface area contributed by atoms with Crippen LogP contribution in [0.25, 0.3) is 0 Å². The number of carbonyl (C=O) groups is 1. The van der Waals surface area contributed by atoms with Crippen LogP contribution in [0, 0.1) is 0 Å². The van der Waals surface area contributed by atoms with Crippen molar-refractivity contribution in [2.45, 2.75) is 24.0 Å². The molecule has 1 aliphatic rings. The predicted molar refractivity (Wildman–Crippen MR) is 102 cm³/mol. The van der Waals surface area contributed by atoms with E-state index >= 15 is 0 Å². The van der Waals surface area contributed by atoms with E-state index in [4.69, 9.17) is 14.2 Å². The van der Waals surface area contributed by atoms with Gasteiger partial charge in [0.05, 0.1) is 12.0 Å². The molecule has 2 atom stereocenters. The minimum Gasteiger partial charge on any atom is -0.497 e. The summed E-state index contributed by atoms with van der Waals surface area (Å²) in [5, 5.41) is 2.67. The molecular weight excluding hydrogens is 384 g/mol. The highest BCUT2D eigenvalue weighted by Crippen LogP contribution is 2.33. The van der Waals surface area contributed by atoms with E-state index in [1.54, 1.807) is 37.3 Å². The fourth-order valence-electron chi connectivity index (χ4n) is 2.72. The molecule has 1 amide bonds. The van der Waals surface area contributed by atoms with Crippen LogP contribution in [0.1, 0.15) is 6.92 Å². The molecule has 2 unspecified atom stereocenters. The van der Waals surface area contributed by atoms with Gasteiger partial charge < -0.3 is 19.5 Å². The van der Waals surface area contributed by atoms with E-state index < -0.39 is 22.2 Å². The molecule has 1 aliphatic heterocycles. The number of methoxy groups -OCH3 is 1. The van der Waals surface area contributed by atoms with Gasteiger partial charge in [-0.1, -0.05) is 12.1 Å². The highest BCUT2D eigenvalue weighted by atomic mass is 32.2. The lowest BCUT2D eigenvalue weighted by molar-refractivity contribution is -0.133. The van der Waals surface area contributed by atoms with E-state index in [9.17, 15) is 13.2 Å². The van der Waals surface area contributed by atoms with Gasteiger partial charge >= 0.3 is 0 Å². The standard InChI is InChI=1S/C19H22N2O6S/c1-13-18(27-17-6-4-3-5-16(17)26-13)19(22)20-11-12-21-28(23,24)15-9-7-14(25-2)8-10-15/h3-10,13,18,21H,11-12H2,1-2H3,(H,20,22). The van der Waals surface area contributed by atoms with Gasteiger partial charge in [-0.2, -0.15) is 0 Å². The summed E-state index contributed by atoms with van der Waals surface area (Å²) in [5.41, 5.74) is 0. The topological polar surface area (TPSA) is 103 Å². The predicted octanol–water partition coefficient (Wildman–Crippen LogP) is 1.32. The number of hydrogen-bond donors (Lipinski definition) is 2. The molecule has 2 aromatic rings. The van der Waals surface area contributed by atoms with Crippen LogP contribution in [-0.4, -0.2) is 46.7 Å². The summed E-state index contributed by atoms with van der Waals surface area (Å²) in [6.45, 7) is 1.90. The number of hydrogen-bond acceptors (Lipinski definition) is 6. The molecule has 8 nitrogen and oxygen atoms in total. The lowest BCUT2D eigenvalue weighted by Crippen LogP contribution is -2.50. The number of rotatable bonds is 7. The van der Waals surface area contributed by atoms with Crippen LogP contribution in [-0.2, 0) is 14.8 Å². The first-order chi connectivity index (χ1) is 13.4. The van der Waals surface area contributed by atoms with Crippen LogP contribution in [0.15, 0.2) is 53.4 Å². The number of amides is 1. The Kier molecular flexibility index (Phi) is 6.05. The number of fused-ring (bicyclic) bond motifs is 1. The summed E-state index contributed by atoms with van der Waals surface area (Å²) in [7, 11) is -2.17. The molecule has 0 bridgehead atoms. The average Bonchev–Trinajstić information content (AvgIpc) is 2.70. The lowest BCUT2D eigenvalue weighted by Gasteiger charge is -2.31. The largest absolute Gasteiger partial charge is 0.497 e. The van der Waals surface area contributed by atoms with Gasteiger partial charge in [-0.05, 0) is 43.3 Å². The maximum atomic E-state index is 12.4. The molecule has 0 spiro atoms. The summed E-state index contributed by atoms with van der Waals surface area (Å²) >= 11 is 0. The third-order valence-corrected chi connectivity index (χ3v) is 5.66. The molecule has 0 aromatic heterocycles. The Hall–Kier alpha value is -2.78. The Morgan fingerprint density at radius 3 is 2.32 bits per heavy atom. The van der Waals surface area contributed by atoms with Crippen molar-refractivity contribution in [3.8, 4) is 17.2 Å². The van der Waals surface area contributed by atoms with Crippen LogP contribution in [0.4, 0.5) is 0 Å². The van der Waals surface area contributed by atoms with Crippen LogP contribution in [0.5, 0.6) is 17.2 Å². The first-order valence-corrected chi connectivity index (χ1v) is 10.2. The van der Waals surface area contributed by atoms with E-state index in [1.165, 1.54) is 19.2 Å². The summed E-state index contributed by atoms with van der Waals surface area (Å²) < 4.78 is 43.4. The zero-order valence-corrected chi connectivity index (χ0v) is 16.4. The van der Waals surface area contributed by atoms with Crippen LogP contribution < -0.4 is 24.2 Å². The molecular formula is C19H22N2O6S. The fraction of sp³-hybridized carbons (Fsp3) is 0.316. The maximum Gasteiger partial charge on any atom is 0.265 e. The Morgan fingerprint density at radius 2 is 1.68 bits per heavy atom. The normalized spacial score (nSPS) is 18.4. The molecule has 1 heterocycles. The van der Waals surface area contributed by atoms with E-state index in [0.717, 1.165) is 0 Å². The molecule has 3 rings (SSSR count). The van der Waals surface area contributed by atoms with E-state index in [1.807, 2.05) is 6.07 Å². The summed E-state index contributed by atoms with van der Waals surface area (Å²) in [4.78, 5) is 12.5. The molecule has 0 radical (unpaired) electrons. The highest BCUT2D eigenvalue weighted by molar-refractivity contribution is 7.89. The summed E-state index contributed by atoms with van der Waals surface area (Å²) in [6, 6.07) is 13.1. The van der Waals surface area contributed by atoms with Gasteiger partial charge in [0, 0.05) is 13.1 Å². The van der Waals surface area contributed by atoms with Crippen molar-refractivity contribution in [3.05, 3.63) is 48.5 Å². The van der Waals surface area contributed by atoms with Crippen molar-refractivity contribution in [1.29, 1.82) is 0 Å². The Morgan fingerprint density at radius 1 is 1.04 bits per heavy atom. The van der Waals surface area contributed by atoms with Gasteiger partial charge in [0.25, 0.3) is 5.91 Å². The minimum atomic E-state index is -3.67. The Balaban J connectivity index is 1.50. The second kappa shape index (κ2) is 8.49. The fourth-order valence-corrected chi connectivity index (χ4v) is 3.75. The number of sulfonamides is 1.